The molecular weight excluding hydrogens is 232 g/mol. The second-order valence-electron chi connectivity index (χ2n) is 8.28. The van der Waals surface area contributed by atoms with E-state index in [0.29, 0.717) is 12.2 Å². The highest BCUT2D eigenvalue weighted by atomic mass is 16.6. The van der Waals surface area contributed by atoms with Crippen LogP contribution in [0.15, 0.2) is 11.6 Å². The summed E-state index contributed by atoms with van der Waals surface area (Å²) in [5.41, 5.74) is 2.51. The molecule has 1 saturated heterocycles. The molecule has 0 aromatic heterocycles. The molecule has 3 saturated carbocycles. The summed E-state index contributed by atoms with van der Waals surface area (Å²) in [6.07, 6.45) is 15.5. The molecule has 1 heteroatoms. The van der Waals surface area contributed by atoms with Gasteiger partial charge in [0.25, 0.3) is 0 Å². The number of fused-ring (bicyclic) bond motifs is 6. The molecule has 0 N–H and O–H groups in total. The number of rotatable bonds is 0. The van der Waals surface area contributed by atoms with Gasteiger partial charge in [0.1, 0.15) is 6.10 Å². The zero-order valence-corrected chi connectivity index (χ0v) is 12.1. The quantitative estimate of drug-likeness (QED) is 0.465. The zero-order valence-electron chi connectivity index (χ0n) is 12.1. The summed E-state index contributed by atoms with van der Waals surface area (Å²) in [4.78, 5) is 0. The first-order valence-electron chi connectivity index (χ1n) is 8.61. The molecule has 5 aliphatic rings. The lowest BCUT2D eigenvalue weighted by Crippen LogP contribution is -2.44. The molecule has 1 heterocycles. The summed E-state index contributed by atoms with van der Waals surface area (Å²) in [5.74, 6) is 4.04. The van der Waals surface area contributed by atoms with Crippen molar-refractivity contribution in [2.24, 2.45) is 29.1 Å². The van der Waals surface area contributed by atoms with Crippen molar-refractivity contribution in [3.63, 3.8) is 0 Å². The van der Waals surface area contributed by atoms with Gasteiger partial charge in [0.05, 0.1) is 6.10 Å². The molecule has 0 aromatic rings. The minimum Gasteiger partial charge on any atom is -0.365 e. The highest BCUT2D eigenvalue weighted by Gasteiger charge is 2.55. The summed E-state index contributed by atoms with van der Waals surface area (Å²) in [6.45, 7) is 2.60. The number of hydrogen-bond donors (Lipinski definition) is 0. The lowest BCUT2D eigenvalue weighted by molar-refractivity contribution is -0.00115. The van der Waals surface area contributed by atoms with Gasteiger partial charge in [-0.1, -0.05) is 25.0 Å². The van der Waals surface area contributed by atoms with E-state index in [2.05, 4.69) is 13.0 Å². The van der Waals surface area contributed by atoms with Gasteiger partial charge >= 0.3 is 0 Å². The van der Waals surface area contributed by atoms with Gasteiger partial charge in [-0.2, -0.15) is 0 Å². The van der Waals surface area contributed by atoms with Crippen molar-refractivity contribution in [2.75, 3.05) is 0 Å². The Balaban J connectivity index is 1.47. The van der Waals surface area contributed by atoms with E-state index >= 15 is 0 Å². The van der Waals surface area contributed by atoms with Crippen LogP contribution >= 0.6 is 0 Å². The van der Waals surface area contributed by atoms with Crippen LogP contribution in [-0.4, -0.2) is 12.2 Å². The molecule has 4 aliphatic carbocycles. The monoisotopic (exact) mass is 258 g/mol. The van der Waals surface area contributed by atoms with E-state index in [1.165, 1.54) is 51.4 Å². The highest BCUT2D eigenvalue weighted by Crippen LogP contribution is 2.62. The molecular formula is C18H26O. The van der Waals surface area contributed by atoms with E-state index in [1.54, 1.807) is 5.57 Å². The Morgan fingerprint density at radius 3 is 3.05 bits per heavy atom. The smallest absolute Gasteiger partial charge is 0.103 e. The molecule has 0 spiro atoms. The Kier molecular flexibility index (Phi) is 2.19. The number of hydrogen-bond acceptors (Lipinski definition) is 1. The van der Waals surface area contributed by atoms with Crippen LogP contribution < -0.4 is 0 Å². The lowest BCUT2D eigenvalue weighted by atomic mass is 9.52. The van der Waals surface area contributed by atoms with Crippen LogP contribution in [0, 0.1) is 29.1 Å². The van der Waals surface area contributed by atoms with Gasteiger partial charge in [-0.25, -0.2) is 0 Å². The van der Waals surface area contributed by atoms with Gasteiger partial charge in [-0.3, -0.25) is 0 Å². The molecule has 1 nitrogen and oxygen atoms in total. The SMILES string of the molecule is C[C@@]12CCC[C@H]1[C@@H]1CCC3=CC4OC4C[C@@H]3[C@H]1CC2. The molecule has 4 fully saturated rings. The third kappa shape index (κ3) is 1.51. The van der Waals surface area contributed by atoms with Crippen LogP contribution in [0.3, 0.4) is 0 Å². The zero-order chi connectivity index (χ0) is 12.6. The first-order valence-corrected chi connectivity index (χ1v) is 8.61. The van der Waals surface area contributed by atoms with Crippen LogP contribution in [0.4, 0.5) is 0 Å². The lowest BCUT2D eigenvalue weighted by Gasteiger charge is -2.52. The Bertz CT molecular complexity index is 439. The van der Waals surface area contributed by atoms with Crippen molar-refractivity contribution in [1.82, 2.24) is 0 Å². The number of ether oxygens (including phenoxy) is 1. The second-order valence-corrected chi connectivity index (χ2v) is 8.28. The minimum absolute atomic E-state index is 0.531. The Morgan fingerprint density at radius 2 is 2.11 bits per heavy atom. The van der Waals surface area contributed by atoms with Crippen LogP contribution in [0.2, 0.25) is 0 Å². The van der Waals surface area contributed by atoms with Crippen molar-refractivity contribution in [3.8, 4) is 0 Å². The van der Waals surface area contributed by atoms with Crippen LogP contribution in [-0.2, 0) is 4.74 Å². The van der Waals surface area contributed by atoms with Gasteiger partial charge < -0.3 is 4.74 Å². The standard InChI is InChI=1S/C18H26O/c1-18-7-2-3-15(18)13-5-4-11-9-16-17(19-16)10-14(11)12(13)6-8-18/h9,12-17H,2-8,10H2,1H3/t12-,13+,14-,15-,16?,17?,18-/m0/s1. The molecule has 0 bridgehead atoms. The van der Waals surface area contributed by atoms with E-state index < -0.39 is 0 Å². The maximum absolute atomic E-state index is 5.78. The number of allylic oxidation sites excluding steroid dienone is 1. The van der Waals surface area contributed by atoms with Gasteiger partial charge in [0.2, 0.25) is 0 Å². The molecule has 2 unspecified atom stereocenters. The van der Waals surface area contributed by atoms with Gasteiger partial charge in [0, 0.05) is 0 Å². The van der Waals surface area contributed by atoms with Crippen LogP contribution in [0.1, 0.15) is 58.3 Å². The first-order chi connectivity index (χ1) is 9.24. The van der Waals surface area contributed by atoms with Crippen molar-refractivity contribution in [3.05, 3.63) is 11.6 Å². The summed E-state index contributed by atoms with van der Waals surface area (Å²) in [6, 6.07) is 0. The Labute approximate surface area is 116 Å². The highest BCUT2D eigenvalue weighted by molar-refractivity contribution is 5.24. The number of epoxide rings is 1. The van der Waals surface area contributed by atoms with E-state index in [1.807, 2.05) is 0 Å². The van der Waals surface area contributed by atoms with Crippen LogP contribution in [0.5, 0.6) is 0 Å². The Hall–Kier alpha value is -0.300. The summed E-state index contributed by atoms with van der Waals surface area (Å²) < 4.78 is 5.78. The van der Waals surface area contributed by atoms with E-state index in [4.69, 9.17) is 4.74 Å². The van der Waals surface area contributed by atoms with Crippen LogP contribution in [0.25, 0.3) is 0 Å². The molecule has 1 aliphatic heterocycles. The predicted octanol–water partition coefficient (Wildman–Crippen LogP) is 4.33. The molecule has 19 heavy (non-hydrogen) atoms. The normalized spacial score (nSPS) is 58.5. The van der Waals surface area contributed by atoms with E-state index in [-0.39, 0.29) is 0 Å². The van der Waals surface area contributed by atoms with Crippen molar-refractivity contribution >= 4 is 0 Å². The second kappa shape index (κ2) is 3.67. The molecule has 104 valence electrons. The maximum atomic E-state index is 5.78. The van der Waals surface area contributed by atoms with Crippen molar-refractivity contribution < 1.29 is 4.74 Å². The third-order valence-corrected chi connectivity index (χ3v) is 7.52. The molecule has 5 rings (SSSR count). The average molecular weight is 258 g/mol. The minimum atomic E-state index is 0.531. The van der Waals surface area contributed by atoms with Crippen molar-refractivity contribution in [2.45, 2.75) is 70.5 Å². The Morgan fingerprint density at radius 1 is 1.16 bits per heavy atom. The molecule has 7 atom stereocenters. The van der Waals surface area contributed by atoms with E-state index in [9.17, 15) is 0 Å². The fourth-order valence-corrected chi connectivity index (χ4v) is 6.51. The molecule has 0 radical (unpaired) electrons. The molecule has 0 aromatic carbocycles. The summed E-state index contributed by atoms with van der Waals surface area (Å²) in [5, 5.41) is 0. The topological polar surface area (TPSA) is 12.5 Å². The first kappa shape index (κ1) is 11.4. The van der Waals surface area contributed by atoms with E-state index in [0.717, 1.165) is 29.1 Å². The maximum Gasteiger partial charge on any atom is 0.103 e. The largest absolute Gasteiger partial charge is 0.365 e. The predicted molar refractivity (Wildman–Crippen MR) is 75.7 cm³/mol. The fourth-order valence-electron chi connectivity index (χ4n) is 6.51. The van der Waals surface area contributed by atoms with Gasteiger partial charge in [-0.15, -0.1) is 0 Å². The third-order valence-electron chi connectivity index (χ3n) is 7.52. The summed E-state index contributed by atoms with van der Waals surface area (Å²) >= 11 is 0. The van der Waals surface area contributed by atoms with Gasteiger partial charge in [-0.05, 0) is 74.0 Å². The fraction of sp³-hybridized carbons (Fsp3) is 0.889. The average Bonchev–Trinajstić information content (AvgIpc) is 3.05. The van der Waals surface area contributed by atoms with Crippen molar-refractivity contribution in [1.29, 1.82) is 0 Å². The van der Waals surface area contributed by atoms with Gasteiger partial charge in [0.15, 0.2) is 0 Å². The summed E-state index contributed by atoms with van der Waals surface area (Å²) in [7, 11) is 0. The molecule has 0 amide bonds.